The molecule has 1 fully saturated rings. The van der Waals surface area contributed by atoms with Gasteiger partial charge in [-0.3, -0.25) is 14.7 Å². The fraction of sp³-hybridized carbons (Fsp3) is 0.444. The number of amides is 1. The van der Waals surface area contributed by atoms with Crippen molar-refractivity contribution < 1.29 is 9.90 Å². The van der Waals surface area contributed by atoms with Gasteiger partial charge >= 0.3 is 0 Å². The molecular weight excluding hydrogens is 326 g/mol. The van der Waals surface area contributed by atoms with E-state index >= 15 is 0 Å². The van der Waals surface area contributed by atoms with Crippen LogP contribution < -0.4 is 0 Å². The smallest absolute Gasteiger partial charge is 0.256 e. The Kier molecular flexibility index (Phi) is 5.33. The van der Waals surface area contributed by atoms with Gasteiger partial charge in [0.2, 0.25) is 0 Å². The Bertz CT molecular complexity index is 729. The molecule has 0 aliphatic carbocycles. The first-order chi connectivity index (χ1) is 11.6. The number of carbonyl (C=O) groups excluding carboxylic acids is 1. The van der Waals surface area contributed by atoms with Crippen LogP contribution in [0.3, 0.4) is 0 Å². The number of hydrogen-bond donors (Lipinski definition) is 1. The van der Waals surface area contributed by atoms with E-state index < -0.39 is 0 Å². The number of aromatic nitrogens is 1. The molecule has 1 aromatic heterocycles. The van der Waals surface area contributed by atoms with Gasteiger partial charge in [-0.1, -0.05) is 24.6 Å². The molecular formula is C18H22ClN3O2. The molecule has 0 spiro atoms. The molecule has 24 heavy (non-hydrogen) atoms. The van der Waals surface area contributed by atoms with E-state index in [1.807, 2.05) is 30.0 Å². The van der Waals surface area contributed by atoms with Gasteiger partial charge in [-0.2, -0.15) is 0 Å². The average Bonchev–Trinajstić information content (AvgIpc) is 2.61. The van der Waals surface area contributed by atoms with Crippen molar-refractivity contribution in [2.24, 2.45) is 0 Å². The first kappa shape index (κ1) is 17.1. The highest BCUT2D eigenvalue weighted by Gasteiger charge is 2.24. The molecule has 1 aromatic carbocycles. The Morgan fingerprint density at radius 2 is 2.08 bits per heavy atom. The van der Waals surface area contributed by atoms with Crippen LogP contribution in [-0.4, -0.2) is 64.6 Å². The van der Waals surface area contributed by atoms with Gasteiger partial charge in [0.05, 0.1) is 17.2 Å². The molecule has 1 amide bonds. The van der Waals surface area contributed by atoms with Crippen molar-refractivity contribution in [1.82, 2.24) is 14.8 Å². The number of hydrogen-bond acceptors (Lipinski definition) is 4. The summed E-state index contributed by atoms with van der Waals surface area (Å²) in [6.07, 6.45) is 2.14. The highest BCUT2D eigenvalue weighted by molar-refractivity contribution is 6.32. The number of aliphatic hydroxyl groups is 1. The molecule has 1 saturated heterocycles. The number of carbonyl (C=O) groups is 1. The summed E-state index contributed by atoms with van der Waals surface area (Å²) in [4.78, 5) is 21.3. The summed E-state index contributed by atoms with van der Waals surface area (Å²) < 4.78 is 0. The van der Waals surface area contributed by atoms with E-state index in [1.54, 1.807) is 12.3 Å². The zero-order valence-corrected chi connectivity index (χ0v) is 14.5. The van der Waals surface area contributed by atoms with E-state index in [4.69, 9.17) is 11.6 Å². The van der Waals surface area contributed by atoms with Crippen LogP contribution in [0.5, 0.6) is 0 Å². The maximum Gasteiger partial charge on any atom is 0.256 e. The molecule has 0 bridgehead atoms. The Morgan fingerprint density at radius 3 is 2.79 bits per heavy atom. The lowest BCUT2D eigenvalue weighted by Gasteiger charge is -2.35. The van der Waals surface area contributed by atoms with Gasteiger partial charge < -0.3 is 10.0 Å². The Hall–Kier alpha value is -1.69. The van der Waals surface area contributed by atoms with Crippen LogP contribution in [-0.2, 0) is 0 Å². The number of piperazine rings is 1. The molecule has 2 aromatic rings. The van der Waals surface area contributed by atoms with E-state index in [2.05, 4.69) is 9.88 Å². The molecule has 2 heterocycles. The summed E-state index contributed by atoms with van der Waals surface area (Å²) in [5.74, 6) is -0.0307. The van der Waals surface area contributed by atoms with Crippen molar-refractivity contribution >= 4 is 28.4 Å². The third-order valence-corrected chi connectivity index (χ3v) is 4.72. The molecule has 6 heteroatoms. The molecule has 128 valence electrons. The van der Waals surface area contributed by atoms with Crippen LogP contribution in [0.15, 0.2) is 30.5 Å². The van der Waals surface area contributed by atoms with E-state index in [9.17, 15) is 9.90 Å². The van der Waals surface area contributed by atoms with Crippen LogP contribution in [0.2, 0.25) is 5.02 Å². The molecule has 0 radical (unpaired) electrons. The first-order valence-electron chi connectivity index (χ1n) is 8.32. The third kappa shape index (κ3) is 3.69. The lowest BCUT2D eigenvalue weighted by molar-refractivity contribution is 0.0525. The Balaban J connectivity index is 1.74. The monoisotopic (exact) mass is 347 g/mol. The zero-order chi connectivity index (χ0) is 17.1. The van der Waals surface area contributed by atoms with Crippen molar-refractivity contribution in [3.8, 4) is 0 Å². The molecule has 1 atom stereocenters. The van der Waals surface area contributed by atoms with Crippen molar-refractivity contribution in [3.63, 3.8) is 0 Å². The Labute approximate surface area is 146 Å². The van der Waals surface area contributed by atoms with Crippen LogP contribution in [0.4, 0.5) is 0 Å². The number of aliphatic hydroxyl groups excluding tert-OH is 1. The van der Waals surface area contributed by atoms with E-state index in [0.717, 1.165) is 24.9 Å². The summed E-state index contributed by atoms with van der Waals surface area (Å²) in [6, 6.07) is 7.27. The van der Waals surface area contributed by atoms with Gasteiger partial charge in [-0.25, -0.2) is 0 Å². The molecule has 0 saturated carbocycles. The second-order valence-corrected chi connectivity index (χ2v) is 6.62. The second kappa shape index (κ2) is 7.47. The molecule has 1 unspecified atom stereocenters. The number of pyridine rings is 1. The summed E-state index contributed by atoms with van der Waals surface area (Å²) in [5, 5.41) is 11.2. The van der Waals surface area contributed by atoms with Gasteiger partial charge in [0.25, 0.3) is 5.91 Å². The first-order valence-corrected chi connectivity index (χ1v) is 8.70. The highest BCUT2D eigenvalue weighted by Crippen LogP contribution is 2.24. The lowest BCUT2D eigenvalue weighted by atomic mass is 10.1. The van der Waals surface area contributed by atoms with Crippen LogP contribution in [0.25, 0.3) is 10.9 Å². The fourth-order valence-corrected chi connectivity index (χ4v) is 3.28. The van der Waals surface area contributed by atoms with Crippen molar-refractivity contribution in [2.75, 3.05) is 32.7 Å². The number of halogens is 1. The highest BCUT2D eigenvalue weighted by atomic mass is 35.5. The Morgan fingerprint density at radius 1 is 1.33 bits per heavy atom. The number of rotatable bonds is 4. The van der Waals surface area contributed by atoms with Crippen LogP contribution in [0.1, 0.15) is 23.7 Å². The number of β-amino-alcohol motifs (C(OH)–C–C–N with tert-alkyl or cyclic N) is 1. The quantitative estimate of drug-likeness (QED) is 0.922. The summed E-state index contributed by atoms with van der Waals surface area (Å²) in [5.41, 5.74) is 1.25. The predicted molar refractivity (Wildman–Crippen MR) is 95.4 cm³/mol. The summed E-state index contributed by atoms with van der Waals surface area (Å²) >= 11 is 6.17. The number of fused-ring (bicyclic) bond motifs is 1. The van der Waals surface area contributed by atoms with Crippen molar-refractivity contribution in [2.45, 2.75) is 19.4 Å². The standard InChI is InChI=1S/C18H22ClN3O2/c1-2-15(23)12-21-6-8-22(9-7-21)18(24)16-11-14(19)10-13-4-3-5-20-17(13)16/h3-5,10-11,15,23H,2,6-9,12H2,1H3. The van der Waals surface area contributed by atoms with Crippen LogP contribution >= 0.6 is 11.6 Å². The maximum atomic E-state index is 12.9. The fourth-order valence-electron chi connectivity index (χ4n) is 3.05. The largest absolute Gasteiger partial charge is 0.392 e. The van der Waals surface area contributed by atoms with Gasteiger partial charge in [-0.15, -0.1) is 0 Å². The average molecular weight is 348 g/mol. The minimum Gasteiger partial charge on any atom is -0.392 e. The van der Waals surface area contributed by atoms with Crippen molar-refractivity contribution in [3.05, 3.63) is 41.0 Å². The third-order valence-electron chi connectivity index (χ3n) is 4.50. The van der Waals surface area contributed by atoms with Gasteiger partial charge in [-0.05, 0) is 24.6 Å². The van der Waals surface area contributed by atoms with Gasteiger partial charge in [0.1, 0.15) is 0 Å². The topological polar surface area (TPSA) is 56.7 Å². The van der Waals surface area contributed by atoms with E-state index in [0.29, 0.717) is 35.7 Å². The molecule has 1 N–H and O–H groups in total. The molecule has 1 aliphatic rings. The lowest BCUT2D eigenvalue weighted by Crippen LogP contribution is -2.50. The van der Waals surface area contributed by atoms with Crippen molar-refractivity contribution in [1.29, 1.82) is 0 Å². The minimum absolute atomic E-state index is 0.0307. The van der Waals surface area contributed by atoms with Crippen LogP contribution in [0, 0.1) is 0 Å². The number of benzene rings is 1. The summed E-state index contributed by atoms with van der Waals surface area (Å²) in [6.45, 7) is 5.48. The minimum atomic E-state index is -0.298. The predicted octanol–water partition coefficient (Wildman–Crippen LogP) is 2.42. The van der Waals surface area contributed by atoms with Gasteiger partial charge in [0.15, 0.2) is 0 Å². The zero-order valence-electron chi connectivity index (χ0n) is 13.8. The second-order valence-electron chi connectivity index (χ2n) is 6.18. The van der Waals surface area contributed by atoms with E-state index in [1.165, 1.54) is 0 Å². The maximum absolute atomic E-state index is 12.9. The normalized spacial score (nSPS) is 17.2. The molecule has 3 rings (SSSR count). The number of nitrogens with zero attached hydrogens (tertiary/aromatic N) is 3. The summed E-state index contributed by atoms with van der Waals surface area (Å²) in [7, 11) is 0. The molecule has 1 aliphatic heterocycles. The van der Waals surface area contributed by atoms with Gasteiger partial charge in [0, 0.05) is 49.3 Å². The SMILES string of the molecule is CCC(O)CN1CCN(C(=O)c2cc(Cl)cc3cccnc23)CC1. The molecule has 5 nitrogen and oxygen atoms in total. The van der Waals surface area contributed by atoms with E-state index in [-0.39, 0.29) is 12.0 Å².